The normalized spacial score (nSPS) is 12.1. The number of nitrogens with two attached hydrogens (primary N) is 1. The maximum absolute atomic E-state index is 13.3. The Morgan fingerprint density at radius 1 is 1.50 bits per heavy atom. The molecule has 1 aromatic heterocycles. The highest BCUT2D eigenvalue weighted by molar-refractivity contribution is 7.21. The van der Waals surface area contributed by atoms with Crippen LogP contribution in [0.1, 0.15) is 22.2 Å². The van der Waals surface area contributed by atoms with Crippen LogP contribution in [0.2, 0.25) is 0 Å². The van der Waals surface area contributed by atoms with Crippen molar-refractivity contribution >= 4 is 39.7 Å². The standard InChI is InChI=1S/C14H17FN2OS.ClH/c1-8(7-16)17(3)14(18)13-9(2)11-6-10(15)4-5-12(11)19-13;/h4-6,8H,7,16H2,1-3H3;1H. The molecule has 0 spiro atoms. The molecule has 0 radical (unpaired) electrons. The molecule has 0 saturated heterocycles. The molecule has 3 nitrogen and oxygen atoms in total. The molecule has 1 aromatic carbocycles. The average molecular weight is 317 g/mol. The van der Waals surface area contributed by atoms with E-state index in [1.807, 2.05) is 13.8 Å². The lowest BCUT2D eigenvalue weighted by atomic mass is 10.1. The molecule has 0 aliphatic carbocycles. The highest BCUT2D eigenvalue weighted by Crippen LogP contribution is 2.32. The average Bonchev–Trinajstić information content (AvgIpc) is 2.73. The van der Waals surface area contributed by atoms with Crippen LogP contribution in [-0.2, 0) is 0 Å². The highest BCUT2D eigenvalue weighted by atomic mass is 35.5. The van der Waals surface area contributed by atoms with Gasteiger partial charge in [0.15, 0.2) is 0 Å². The Kier molecular flexibility index (Phi) is 5.50. The van der Waals surface area contributed by atoms with Crippen molar-refractivity contribution in [2.24, 2.45) is 5.73 Å². The minimum absolute atomic E-state index is 0. The molecule has 110 valence electrons. The van der Waals surface area contributed by atoms with Gasteiger partial charge in [0.05, 0.1) is 4.88 Å². The molecular weight excluding hydrogens is 299 g/mol. The van der Waals surface area contributed by atoms with Gasteiger partial charge in [-0.1, -0.05) is 0 Å². The van der Waals surface area contributed by atoms with Gasteiger partial charge in [0.2, 0.25) is 0 Å². The molecule has 1 amide bonds. The fraction of sp³-hybridized carbons (Fsp3) is 0.357. The first-order chi connectivity index (χ1) is 8.95. The van der Waals surface area contributed by atoms with E-state index in [2.05, 4.69) is 0 Å². The summed E-state index contributed by atoms with van der Waals surface area (Å²) in [6.45, 7) is 4.17. The van der Waals surface area contributed by atoms with Crippen LogP contribution in [-0.4, -0.2) is 30.4 Å². The van der Waals surface area contributed by atoms with E-state index in [0.717, 1.165) is 15.6 Å². The zero-order chi connectivity index (χ0) is 14.2. The second kappa shape index (κ2) is 6.52. The first-order valence-corrected chi connectivity index (χ1v) is 6.93. The van der Waals surface area contributed by atoms with Crippen LogP contribution in [0.3, 0.4) is 0 Å². The van der Waals surface area contributed by atoms with Gasteiger partial charge in [-0.3, -0.25) is 4.79 Å². The molecule has 2 N–H and O–H groups in total. The number of nitrogens with zero attached hydrogens (tertiary/aromatic N) is 1. The summed E-state index contributed by atoms with van der Waals surface area (Å²) in [5.41, 5.74) is 6.42. The Hall–Kier alpha value is -1.17. The molecule has 0 aliphatic rings. The summed E-state index contributed by atoms with van der Waals surface area (Å²) in [5.74, 6) is -0.340. The first kappa shape index (κ1) is 16.9. The number of aryl methyl sites for hydroxylation is 1. The fourth-order valence-corrected chi connectivity index (χ4v) is 3.09. The van der Waals surface area contributed by atoms with E-state index >= 15 is 0 Å². The summed E-state index contributed by atoms with van der Waals surface area (Å²) in [5, 5.41) is 0.808. The molecule has 2 aromatic rings. The van der Waals surface area contributed by atoms with Crippen LogP contribution in [0.25, 0.3) is 10.1 Å². The second-order valence-electron chi connectivity index (χ2n) is 4.70. The van der Waals surface area contributed by atoms with Crippen molar-refractivity contribution in [3.8, 4) is 0 Å². The van der Waals surface area contributed by atoms with Gasteiger partial charge in [0.1, 0.15) is 5.82 Å². The fourth-order valence-electron chi connectivity index (χ4n) is 1.92. The number of thiophene rings is 1. The summed E-state index contributed by atoms with van der Waals surface area (Å²) >= 11 is 1.40. The summed E-state index contributed by atoms with van der Waals surface area (Å²) < 4.78 is 14.2. The molecule has 1 unspecified atom stereocenters. The Bertz CT molecular complexity index is 629. The van der Waals surface area contributed by atoms with Crippen molar-refractivity contribution in [2.45, 2.75) is 19.9 Å². The molecule has 0 aliphatic heterocycles. The number of fused-ring (bicyclic) bond motifs is 1. The third kappa shape index (κ3) is 2.95. The van der Waals surface area contributed by atoms with Crippen molar-refractivity contribution in [2.75, 3.05) is 13.6 Å². The van der Waals surface area contributed by atoms with E-state index < -0.39 is 0 Å². The molecule has 0 fully saturated rings. The van der Waals surface area contributed by atoms with Crippen molar-refractivity contribution in [1.29, 1.82) is 0 Å². The van der Waals surface area contributed by atoms with Crippen molar-refractivity contribution in [3.05, 3.63) is 34.5 Å². The third-order valence-electron chi connectivity index (χ3n) is 3.42. The number of carbonyl (C=O) groups excluding carboxylic acids is 1. The number of rotatable bonds is 3. The molecule has 6 heteroatoms. The minimum atomic E-state index is -0.281. The van der Waals surface area contributed by atoms with E-state index in [4.69, 9.17) is 5.73 Å². The van der Waals surface area contributed by atoms with E-state index in [1.165, 1.54) is 23.5 Å². The van der Waals surface area contributed by atoms with Gasteiger partial charge in [0, 0.05) is 24.3 Å². The van der Waals surface area contributed by atoms with Crippen LogP contribution in [0.4, 0.5) is 4.39 Å². The largest absolute Gasteiger partial charge is 0.337 e. The Balaban J connectivity index is 0.00000200. The maximum Gasteiger partial charge on any atom is 0.264 e. The number of hydrogen-bond donors (Lipinski definition) is 1. The first-order valence-electron chi connectivity index (χ1n) is 6.11. The zero-order valence-corrected chi connectivity index (χ0v) is 13.3. The number of carbonyl (C=O) groups is 1. The molecule has 0 saturated carbocycles. The van der Waals surface area contributed by atoms with Gasteiger partial charge < -0.3 is 10.6 Å². The lowest BCUT2D eigenvalue weighted by molar-refractivity contribution is 0.0752. The van der Waals surface area contributed by atoms with Crippen LogP contribution >= 0.6 is 23.7 Å². The van der Waals surface area contributed by atoms with E-state index in [1.54, 1.807) is 18.0 Å². The van der Waals surface area contributed by atoms with Gasteiger partial charge in [-0.15, -0.1) is 23.7 Å². The predicted molar refractivity (Wildman–Crippen MR) is 84.4 cm³/mol. The topological polar surface area (TPSA) is 46.3 Å². The summed E-state index contributed by atoms with van der Waals surface area (Å²) in [7, 11) is 1.74. The number of likely N-dealkylation sites (N-methyl/N-ethyl adjacent to an activating group) is 1. The summed E-state index contributed by atoms with van der Waals surface area (Å²) in [6.07, 6.45) is 0. The number of benzene rings is 1. The van der Waals surface area contributed by atoms with Crippen LogP contribution in [0.5, 0.6) is 0 Å². The van der Waals surface area contributed by atoms with Crippen molar-refractivity contribution in [1.82, 2.24) is 4.90 Å². The van der Waals surface area contributed by atoms with Crippen LogP contribution < -0.4 is 5.73 Å². The summed E-state index contributed by atoms with van der Waals surface area (Å²) in [6, 6.07) is 4.59. The Morgan fingerprint density at radius 3 is 2.75 bits per heavy atom. The van der Waals surface area contributed by atoms with E-state index in [0.29, 0.717) is 11.4 Å². The summed E-state index contributed by atoms with van der Waals surface area (Å²) in [4.78, 5) is 14.7. The maximum atomic E-state index is 13.3. The zero-order valence-electron chi connectivity index (χ0n) is 11.6. The lowest BCUT2D eigenvalue weighted by Gasteiger charge is -2.23. The number of hydrogen-bond acceptors (Lipinski definition) is 3. The number of halogens is 2. The Labute approximate surface area is 128 Å². The van der Waals surface area contributed by atoms with Crippen molar-refractivity contribution < 1.29 is 9.18 Å². The Morgan fingerprint density at radius 2 is 2.15 bits per heavy atom. The van der Waals surface area contributed by atoms with Gasteiger partial charge >= 0.3 is 0 Å². The van der Waals surface area contributed by atoms with Crippen molar-refractivity contribution in [3.63, 3.8) is 0 Å². The highest BCUT2D eigenvalue weighted by Gasteiger charge is 2.21. The minimum Gasteiger partial charge on any atom is -0.337 e. The monoisotopic (exact) mass is 316 g/mol. The SMILES string of the molecule is Cc1c(C(=O)N(C)C(C)CN)sc2ccc(F)cc12.Cl. The lowest BCUT2D eigenvalue weighted by Crippen LogP contribution is -2.39. The third-order valence-corrected chi connectivity index (χ3v) is 4.68. The van der Waals surface area contributed by atoms with E-state index in [-0.39, 0.29) is 30.2 Å². The molecule has 1 heterocycles. The molecule has 1 atom stereocenters. The smallest absolute Gasteiger partial charge is 0.264 e. The quantitative estimate of drug-likeness (QED) is 0.945. The van der Waals surface area contributed by atoms with Gasteiger partial charge in [-0.05, 0) is 43.0 Å². The second-order valence-corrected chi connectivity index (χ2v) is 5.75. The van der Waals surface area contributed by atoms with Crippen LogP contribution in [0.15, 0.2) is 18.2 Å². The number of amides is 1. The van der Waals surface area contributed by atoms with E-state index in [9.17, 15) is 9.18 Å². The molecular formula is C14H18ClFN2OS. The molecule has 20 heavy (non-hydrogen) atoms. The van der Waals surface area contributed by atoms with Gasteiger partial charge in [-0.2, -0.15) is 0 Å². The van der Waals surface area contributed by atoms with Crippen LogP contribution in [0, 0.1) is 12.7 Å². The van der Waals surface area contributed by atoms with Gasteiger partial charge in [-0.25, -0.2) is 4.39 Å². The predicted octanol–water partition coefficient (Wildman–Crippen LogP) is 3.19. The van der Waals surface area contributed by atoms with Gasteiger partial charge in [0.25, 0.3) is 5.91 Å². The molecule has 2 rings (SSSR count). The molecule has 0 bridgehead atoms.